The predicted octanol–water partition coefficient (Wildman–Crippen LogP) is 1.70. The fraction of sp³-hybridized carbons (Fsp3) is 0.364. The summed E-state index contributed by atoms with van der Waals surface area (Å²) in [5.41, 5.74) is 2.17. The van der Waals surface area contributed by atoms with Gasteiger partial charge in [-0.15, -0.1) is 0 Å². The van der Waals surface area contributed by atoms with Crippen LogP contribution in [0, 0.1) is 0 Å². The first kappa shape index (κ1) is 10.5. The van der Waals surface area contributed by atoms with Crippen LogP contribution in [0.5, 0.6) is 0 Å². The number of carbonyl (C=O) groups is 1. The van der Waals surface area contributed by atoms with Crippen molar-refractivity contribution in [3.05, 3.63) is 29.8 Å². The van der Waals surface area contributed by atoms with E-state index in [0.29, 0.717) is 19.6 Å². The van der Waals surface area contributed by atoms with Crippen molar-refractivity contribution < 1.29 is 4.79 Å². The number of carbonyl (C=O) groups excluding carboxylic acids is 1. The molecule has 80 valence electrons. The van der Waals surface area contributed by atoms with Gasteiger partial charge in [-0.1, -0.05) is 31.0 Å². The van der Waals surface area contributed by atoms with E-state index in [1.54, 1.807) is 4.31 Å². The van der Waals surface area contributed by atoms with Gasteiger partial charge in [0.05, 0.1) is 6.54 Å². The van der Waals surface area contributed by atoms with Crippen LogP contribution in [0.4, 0.5) is 5.69 Å². The number of fused-ring (bicyclic) bond motifs is 1. The molecule has 0 radical (unpaired) electrons. The first-order chi connectivity index (χ1) is 7.22. The summed E-state index contributed by atoms with van der Waals surface area (Å²) in [5, 5.41) is 0. The molecule has 2 rings (SSSR count). The first-order valence-corrected chi connectivity index (χ1v) is 5.44. The quantitative estimate of drug-likeness (QED) is 0.731. The molecule has 0 fully saturated rings. The summed E-state index contributed by atoms with van der Waals surface area (Å²) in [7, 11) is 0. The molecule has 0 saturated carbocycles. The fourth-order valence-corrected chi connectivity index (χ4v) is 2.16. The van der Waals surface area contributed by atoms with E-state index in [4.69, 9.17) is 0 Å². The van der Waals surface area contributed by atoms with E-state index in [9.17, 15) is 4.79 Å². The average Bonchev–Trinajstić information content (AvgIpc) is 2.32. The minimum atomic E-state index is 0.109. The van der Waals surface area contributed by atoms with E-state index < -0.39 is 0 Å². The summed E-state index contributed by atoms with van der Waals surface area (Å²) in [6.07, 6.45) is 0. The van der Waals surface area contributed by atoms with E-state index in [1.807, 2.05) is 36.1 Å². The molecule has 1 aliphatic heterocycles. The molecule has 0 unspecified atom stereocenters. The van der Waals surface area contributed by atoms with Crippen molar-refractivity contribution >= 4 is 24.4 Å². The van der Waals surface area contributed by atoms with Crippen LogP contribution in [-0.4, -0.2) is 23.3 Å². The molecule has 1 aromatic carbocycles. The van der Waals surface area contributed by atoms with Crippen LogP contribution in [0.15, 0.2) is 24.3 Å². The molecule has 1 aliphatic rings. The second kappa shape index (κ2) is 4.24. The van der Waals surface area contributed by atoms with Gasteiger partial charge in [0, 0.05) is 18.8 Å². The Kier molecular flexibility index (Phi) is 2.98. The van der Waals surface area contributed by atoms with Crippen molar-refractivity contribution in [1.82, 2.24) is 4.31 Å². The number of hydrogen-bond donors (Lipinski definition) is 1. The topological polar surface area (TPSA) is 23.6 Å². The number of benzene rings is 1. The molecule has 1 aromatic rings. The fourth-order valence-electron chi connectivity index (χ4n) is 1.88. The van der Waals surface area contributed by atoms with Crippen LogP contribution in [0.25, 0.3) is 0 Å². The lowest BCUT2D eigenvalue weighted by Crippen LogP contribution is -2.34. The third kappa shape index (κ3) is 2.01. The maximum atomic E-state index is 11.9. The van der Waals surface area contributed by atoms with Gasteiger partial charge in [-0.2, -0.15) is 0 Å². The molecule has 4 heteroatoms. The van der Waals surface area contributed by atoms with E-state index in [-0.39, 0.29) is 5.91 Å². The average molecular weight is 222 g/mol. The summed E-state index contributed by atoms with van der Waals surface area (Å²) in [5.74, 6) is 0.109. The summed E-state index contributed by atoms with van der Waals surface area (Å²) in [6, 6.07) is 7.98. The zero-order valence-corrected chi connectivity index (χ0v) is 9.58. The molecule has 0 saturated heterocycles. The second-order valence-corrected chi connectivity index (χ2v) is 4.16. The van der Waals surface area contributed by atoms with E-state index >= 15 is 0 Å². The van der Waals surface area contributed by atoms with E-state index in [2.05, 4.69) is 12.8 Å². The highest BCUT2D eigenvalue weighted by Crippen LogP contribution is 2.25. The number of rotatable bonds is 1. The van der Waals surface area contributed by atoms with Crippen LogP contribution in [-0.2, 0) is 11.3 Å². The van der Waals surface area contributed by atoms with Crippen molar-refractivity contribution in [1.29, 1.82) is 0 Å². The minimum absolute atomic E-state index is 0.109. The largest absolute Gasteiger partial charge is 0.311 e. The molecule has 0 aliphatic carbocycles. The number of nitrogens with zero attached hydrogens (tertiary/aromatic N) is 2. The van der Waals surface area contributed by atoms with Gasteiger partial charge >= 0.3 is 0 Å². The highest BCUT2D eigenvalue weighted by atomic mass is 32.1. The number of thiol groups is 1. The second-order valence-electron chi connectivity index (χ2n) is 3.59. The predicted molar refractivity (Wildman–Crippen MR) is 63.9 cm³/mol. The molecular weight excluding hydrogens is 208 g/mol. The molecule has 0 N–H and O–H groups in total. The van der Waals surface area contributed by atoms with Gasteiger partial charge in [-0.3, -0.25) is 4.79 Å². The van der Waals surface area contributed by atoms with Gasteiger partial charge in [-0.05, 0) is 18.6 Å². The molecule has 0 atom stereocenters. The summed E-state index contributed by atoms with van der Waals surface area (Å²) >= 11 is 4.28. The molecule has 1 amide bonds. The molecular formula is C11H14N2OS. The smallest absolute Gasteiger partial charge is 0.242 e. The number of amides is 1. The van der Waals surface area contributed by atoms with Crippen LogP contribution < -0.4 is 4.90 Å². The van der Waals surface area contributed by atoms with Gasteiger partial charge < -0.3 is 4.90 Å². The zero-order valence-electron chi connectivity index (χ0n) is 8.68. The lowest BCUT2D eigenvalue weighted by Gasteiger charge is -2.20. The van der Waals surface area contributed by atoms with E-state index in [1.165, 1.54) is 0 Å². The molecule has 0 aromatic heterocycles. The van der Waals surface area contributed by atoms with Crippen molar-refractivity contribution in [2.75, 3.05) is 18.0 Å². The van der Waals surface area contributed by atoms with Gasteiger partial charge in [0.2, 0.25) is 5.91 Å². The molecule has 1 heterocycles. The maximum absolute atomic E-state index is 11.9. The lowest BCUT2D eigenvalue weighted by atomic mass is 10.1. The van der Waals surface area contributed by atoms with Crippen molar-refractivity contribution in [3.63, 3.8) is 0 Å². The molecule has 3 nitrogen and oxygen atoms in total. The Morgan fingerprint density at radius 1 is 1.33 bits per heavy atom. The summed E-state index contributed by atoms with van der Waals surface area (Å²) in [6.45, 7) is 3.77. The lowest BCUT2D eigenvalue weighted by molar-refractivity contribution is -0.118. The van der Waals surface area contributed by atoms with Crippen molar-refractivity contribution in [2.24, 2.45) is 0 Å². The van der Waals surface area contributed by atoms with Crippen LogP contribution >= 0.6 is 12.8 Å². The van der Waals surface area contributed by atoms with Crippen LogP contribution in [0.2, 0.25) is 0 Å². The highest BCUT2D eigenvalue weighted by molar-refractivity contribution is 7.77. The standard InChI is InChI=1S/C11H14N2OS/c1-2-13-10-6-4-3-5-9(10)7-12(15)8-11(13)14/h3-6,15H,2,7-8H2,1H3. The normalized spacial score (nSPS) is 17.5. The Balaban J connectivity index is 2.46. The molecule has 0 spiro atoms. The number of hydrogen-bond acceptors (Lipinski definition) is 3. The Labute approximate surface area is 95.2 Å². The Bertz CT molecular complexity index is 381. The van der Waals surface area contributed by atoms with Gasteiger partial charge in [0.1, 0.15) is 0 Å². The van der Waals surface area contributed by atoms with Crippen molar-refractivity contribution in [2.45, 2.75) is 13.5 Å². The SMILES string of the molecule is CCN1C(=O)CN(S)Cc2ccccc21. The van der Waals surface area contributed by atoms with Crippen molar-refractivity contribution in [3.8, 4) is 0 Å². The highest BCUT2D eigenvalue weighted by Gasteiger charge is 2.23. The number of anilines is 1. The first-order valence-electron chi connectivity index (χ1n) is 5.04. The van der Waals surface area contributed by atoms with Gasteiger partial charge in [0.25, 0.3) is 0 Å². The summed E-state index contributed by atoms with van der Waals surface area (Å²) < 4.78 is 1.75. The number of para-hydroxylation sites is 1. The maximum Gasteiger partial charge on any atom is 0.242 e. The Morgan fingerprint density at radius 3 is 2.80 bits per heavy atom. The Morgan fingerprint density at radius 2 is 2.07 bits per heavy atom. The third-order valence-corrected chi connectivity index (χ3v) is 2.85. The summed E-state index contributed by atoms with van der Waals surface area (Å²) in [4.78, 5) is 13.7. The minimum Gasteiger partial charge on any atom is -0.311 e. The van der Waals surface area contributed by atoms with Crippen LogP contribution in [0.1, 0.15) is 12.5 Å². The third-order valence-electron chi connectivity index (χ3n) is 2.57. The van der Waals surface area contributed by atoms with E-state index in [0.717, 1.165) is 11.3 Å². The monoisotopic (exact) mass is 222 g/mol. The van der Waals surface area contributed by atoms with Gasteiger partial charge in [-0.25, -0.2) is 4.31 Å². The van der Waals surface area contributed by atoms with Gasteiger partial charge in [0.15, 0.2) is 0 Å². The number of likely N-dealkylation sites (N-methyl/N-ethyl adjacent to an activating group) is 1. The molecule has 15 heavy (non-hydrogen) atoms. The van der Waals surface area contributed by atoms with Crippen LogP contribution in [0.3, 0.4) is 0 Å². The Hall–Kier alpha value is -1.00. The zero-order chi connectivity index (χ0) is 10.8. The molecule has 0 bridgehead atoms.